The van der Waals surface area contributed by atoms with E-state index in [9.17, 15) is 24.8 Å². The third-order valence-corrected chi connectivity index (χ3v) is 8.52. The number of carbonyl (C=O) groups is 1. The molecule has 4 rings (SSSR count). The van der Waals surface area contributed by atoms with E-state index in [1.54, 1.807) is 0 Å². The largest absolute Gasteiger partial charge is 0.464 e. The number of fused-ring (bicyclic) bond motifs is 1. The van der Waals surface area contributed by atoms with Gasteiger partial charge in [-0.1, -0.05) is 44.8 Å². The number of aromatic nitrogens is 3. The van der Waals surface area contributed by atoms with Crippen molar-refractivity contribution in [3.05, 3.63) is 54.4 Å². The van der Waals surface area contributed by atoms with Crippen LogP contribution >= 0.6 is 7.75 Å². The van der Waals surface area contributed by atoms with Crippen LogP contribution in [-0.2, 0) is 29.0 Å². The number of benzene rings is 1. The van der Waals surface area contributed by atoms with Crippen LogP contribution in [0.15, 0.2) is 48.7 Å². The highest BCUT2D eigenvalue weighted by Gasteiger charge is 2.58. The van der Waals surface area contributed by atoms with Crippen LogP contribution in [0, 0.1) is 17.2 Å². The van der Waals surface area contributed by atoms with Crippen molar-refractivity contribution in [3.63, 3.8) is 0 Å². The molecule has 15 heteroatoms. The minimum atomic E-state index is -4.89. The molecular weight excluding hydrogens is 567 g/mol. The summed E-state index contributed by atoms with van der Waals surface area (Å²) >= 11 is 0. The van der Waals surface area contributed by atoms with Crippen LogP contribution in [0.2, 0.25) is 0 Å². The highest BCUT2D eigenvalue weighted by atomic mass is 31.2. The molecular formula is C27H35N6O8P. The van der Waals surface area contributed by atoms with Gasteiger partial charge in [-0.05, 0) is 37.1 Å². The lowest BCUT2D eigenvalue weighted by molar-refractivity contribution is -0.146. The zero-order chi connectivity index (χ0) is 34.8. The van der Waals surface area contributed by atoms with Gasteiger partial charge in [0, 0.05) is 0 Å². The summed E-state index contributed by atoms with van der Waals surface area (Å²) in [5, 5.41) is 38.6. The minimum Gasteiger partial charge on any atom is -0.464 e. The van der Waals surface area contributed by atoms with Gasteiger partial charge in [-0.25, -0.2) is 14.1 Å². The summed E-state index contributed by atoms with van der Waals surface area (Å²) in [6.07, 6.45) is -2.65. The number of rotatable bonds is 13. The summed E-state index contributed by atoms with van der Waals surface area (Å²) < 4.78 is 77.6. The number of para-hydroxylation sites is 1. The number of carbonyl (C=O) groups excluding carboxylic acids is 1. The Morgan fingerprint density at radius 1 is 1.33 bits per heavy atom. The number of nitrogens with two attached hydrogens (primary N) is 1. The molecule has 1 saturated heterocycles. The second-order valence-electron chi connectivity index (χ2n) is 9.60. The molecule has 3 heterocycles. The molecule has 0 spiro atoms. The molecule has 1 aliphatic rings. The first-order valence-corrected chi connectivity index (χ1v) is 14.7. The minimum absolute atomic E-state index is 0.0105. The van der Waals surface area contributed by atoms with E-state index in [0.29, 0.717) is 0 Å². The summed E-state index contributed by atoms with van der Waals surface area (Å²) in [5.74, 6) is -1.55. The number of aliphatic hydroxyl groups is 2. The molecule has 5 N–H and O–H groups in total. The van der Waals surface area contributed by atoms with Crippen molar-refractivity contribution in [1.82, 2.24) is 19.7 Å². The number of hydrogen-bond acceptors (Lipinski definition) is 12. The van der Waals surface area contributed by atoms with Crippen LogP contribution < -0.4 is 15.3 Å². The lowest BCUT2D eigenvalue weighted by Gasteiger charge is -2.25. The van der Waals surface area contributed by atoms with Gasteiger partial charge in [0.15, 0.2) is 5.82 Å². The first kappa shape index (κ1) is 25.0. The topological polar surface area (TPSA) is 204 Å². The van der Waals surface area contributed by atoms with E-state index in [0.717, 1.165) is 19.2 Å². The molecule has 42 heavy (non-hydrogen) atoms. The average Bonchev–Trinajstić information content (AvgIpc) is 3.60. The van der Waals surface area contributed by atoms with Gasteiger partial charge in [0.2, 0.25) is 5.60 Å². The van der Waals surface area contributed by atoms with Crippen molar-refractivity contribution < 1.29 is 44.9 Å². The van der Waals surface area contributed by atoms with E-state index in [2.05, 4.69) is 15.2 Å². The van der Waals surface area contributed by atoms with E-state index in [1.807, 2.05) is 19.9 Å². The number of aliphatic hydroxyl groups excluding tert-OH is 2. The van der Waals surface area contributed by atoms with Gasteiger partial charge >= 0.3 is 13.7 Å². The van der Waals surface area contributed by atoms with Crippen molar-refractivity contribution in [2.45, 2.75) is 63.6 Å². The summed E-state index contributed by atoms with van der Waals surface area (Å²) in [6, 6.07) is -0.632. The highest BCUT2D eigenvalue weighted by molar-refractivity contribution is 7.52. The Hall–Kier alpha value is -3.57. The lowest BCUT2D eigenvalue weighted by atomic mass is 9.92. The van der Waals surface area contributed by atoms with Gasteiger partial charge < -0.3 is 29.9 Å². The molecule has 2 aromatic heterocycles. The third kappa shape index (κ3) is 6.42. The normalized spacial score (nSPS) is 25.9. The zero-order valence-corrected chi connectivity index (χ0v) is 24.0. The fourth-order valence-corrected chi connectivity index (χ4v) is 5.79. The highest BCUT2D eigenvalue weighted by Crippen LogP contribution is 2.47. The quantitative estimate of drug-likeness (QED) is 0.163. The van der Waals surface area contributed by atoms with E-state index in [-0.39, 0.29) is 29.6 Å². The van der Waals surface area contributed by atoms with Crippen LogP contribution in [0.4, 0.5) is 5.82 Å². The van der Waals surface area contributed by atoms with E-state index in [1.165, 1.54) is 23.6 Å². The van der Waals surface area contributed by atoms with Gasteiger partial charge in [0.1, 0.15) is 48.0 Å². The van der Waals surface area contributed by atoms with Crippen LogP contribution in [0.1, 0.15) is 46.2 Å². The second kappa shape index (κ2) is 13.2. The van der Waals surface area contributed by atoms with E-state index < -0.39 is 86.2 Å². The maximum absolute atomic E-state index is 14.2. The number of anilines is 1. The zero-order valence-electron chi connectivity index (χ0n) is 28.1. The van der Waals surface area contributed by atoms with Crippen molar-refractivity contribution in [3.8, 4) is 11.8 Å². The molecule has 1 fully saturated rings. The molecule has 0 aliphatic carbocycles. The number of hydrogen-bond donors (Lipinski definition) is 4. The molecule has 1 unspecified atom stereocenters. The maximum Gasteiger partial charge on any atom is 0.459 e. The van der Waals surface area contributed by atoms with Gasteiger partial charge in [0.05, 0.1) is 25.8 Å². The molecule has 226 valence electrons. The number of nitrogens with zero attached hydrogens (tertiary/aromatic N) is 4. The van der Waals surface area contributed by atoms with E-state index >= 15 is 0 Å². The van der Waals surface area contributed by atoms with Crippen LogP contribution in [0.3, 0.4) is 0 Å². The Morgan fingerprint density at radius 2 is 2.05 bits per heavy atom. The summed E-state index contributed by atoms with van der Waals surface area (Å²) in [4.78, 5) is 16.7. The number of esters is 1. The molecule has 0 bridgehead atoms. The SMILES string of the molecule is [2H]c1c([2H])c([2H])c(OP(=O)(N[C@@H](C)C(=O)OCC(CC)CC)OC[C@H]2O[C@@](C#N)(c3ccc4c(N)ncnn34)[C@H](O)[C@@H]2O)c([2H])c1[2H]. The Labute approximate surface area is 250 Å². The Kier molecular flexibility index (Phi) is 7.83. The average molecular weight is 608 g/mol. The smallest absolute Gasteiger partial charge is 0.459 e. The molecule has 1 aliphatic heterocycles. The van der Waals surface area contributed by atoms with Crippen molar-refractivity contribution >= 4 is 25.1 Å². The van der Waals surface area contributed by atoms with E-state index in [4.69, 9.17) is 31.1 Å². The fraction of sp³-hybridized carbons (Fsp3) is 0.481. The van der Waals surface area contributed by atoms with Crippen LogP contribution in [0.25, 0.3) is 5.52 Å². The molecule has 3 aromatic rings. The van der Waals surface area contributed by atoms with Gasteiger partial charge in [0.25, 0.3) is 0 Å². The molecule has 1 aromatic carbocycles. The summed E-state index contributed by atoms with van der Waals surface area (Å²) in [6.45, 7) is 4.38. The number of nitrogens with one attached hydrogen (secondary N) is 1. The van der Waals surface area contributed by atoms with Crippen LogP contribution in [-0.4, -0.2) is 68.3 Å². The van der Waals surface area contributed by atoms with Crippen LogP contribution in [0.5, 0.6) is 5.75 Å². The fourth-order valence-electron chi connectivity index (χ4n) is 4.36. The molecule has 14 nitrogen and oxygen atoms in total. The molecule has 0 amide bonds. The van der Waals surface area contributed by atoms with Crippen molar-refractivity contribution in [2.24, 2.45) is 5.92 Å². The van der Waals surface area contributed by atoms with Crippen molar-refractivity contribution in [1.29, 1.82) is 5.26 Å². The first-order chi connectivity index (χ1) is 22.1. The number of ether oxygens (including phenoxy) is 2. The predicted octanol–water partition coefficient (Wildman–Crippen LogP) is 2.31. The Morgan fingerprint density at radius 3 is 2.71 bits per heavy atom. The summed E-state index contributed by atoms with van der Waals surface area (Å²) in [5.41, 5.74) is 3.94. The standard InChI is InChI=1S/C27H35N6O8P/c1-4-18(5-2)13-38-26(36)17(3)32-42(37,41-19-9-7-6-8-10-19)39-14-21-23(34)24(35)27(15-28,40-21)22-12-11-20-25(29)30-16-31-33(20)22/h6-12,16-18,21,23-24,34-35H,4-5,13-14H2,1-3H3,(H,32,37)(H2,29,30,31)/t17-,21+,23+,24+,27-,42?/m0/s1/i6D,7D,8D,9D,10D. The third-order valence-electron chi connectivity index (χ3n) is 6.91. The lowest BCUT2D eigenvalue weighted by Crippen LogP contribution is -2.41. The predicted molar refractivity (Wildman–Crippen MR) is 150 cm³/mol. The Balaban J connectivity index is 1.64. The number of nitrogen functional groups attached to an aromatic ring is 1. The van der Waals surface area contributed by atoms with Gasteiger partial charge in [-0.3, -0.25) is 9.32 Å². The summed E-state index contributed by atoms with van der Waals surface area (Å²) in [7, 11) is -4.89. The molecule has 0 radical (unpaired) electrons. The monoisotopic (exact) mass is 607 g/mol. The molecule has 0 saturated carbocycles. The molecule has 6 atom stereocenters. The van der Waals surface area contributed by atoms with Gasteiger partial charge in [-0.15, -0.1) is 0 Å². The van der Waals surface area contributed by atoms with Crippen molar-refractivity contribution in [2.75, 3.05) is 18.9 Å². The number of nitriles is 1. The Bertz CT molecular complexity index is 1710. The first-order valence-electron chi connectivity index (χ1n) is 15.6. The second-order valence-corrected chi connectivity index (χ2v) is 11.3. The van der Waals surface area contributed by atoms with Gasteiger partial charge in [-0.2, -0.15) is 15.4 Å². The maximum atomic E-state index is 14.2.